The number of sulfone groups is 1. The first-order valence-electron chi connectivity index (χ1n) is 4.56. The first-order chi connectivity index (χ1) is 7.39. The van der Waals surface area contributed by atoms with Crippen LogP contribution in [0.1, 0.15) is 6.42 Å². The number of carboxylic acid groups (broad SMARTS) is 1. The first kappa shape index (κ1) is 12.5. The van der Waals surface area contributed by atoms with Gasteiger partial charge in [0, 0.05) is 12.0 Å². The van der Waals surface area contributed by atoms with Crippen LogP contribution in [0.4, 0.5) is 4.79 Å². The Labute approximate surface area is 92.4 Å². The van der Waals surface area contributed by atoms with Crippen molar-refractivity contribution < 1.29 is 23.1 Å². The number of carboxylic acids is 1. The largest absolute Gasteiger partial charge is 0.481 e. The minimum Gasteiger partial charge on any atom is -0.481 e. The van der Waals surface area contributed by atoms with Crippen LogP contribution in [0, 0.1) is 0 Å². The van der Waals surface area contributed by atoms with Crippen molar-refractivity contribution in [2.75, 3.05) is 12.3 Å². The lowest BCUT2D eigenvalue weighted by atomic mass is 10.3. The lowest BCUT2D eigenvalue weighted by Crippen LogP contribution is -2.43. The smallest absolute Gasteiger partial charge is 0.315 e. The summed E-state index contributed by atoms with van der Waals surface area (Å²) in [4.78, 5) is 21.3. The van der Waals surface area contributed by atoms with Crippen LogP contribution in [-0.2, 0) is 14.6 Å². The molecular formula is C8H12N2O5S. The molecule has 1 atom stereocenters. The molecule has 0 spiro atoms. The highest BCUT2D eigenvalue weighted by Crippen LogP contribution is 2.07. The zero-order valence-corrected chi connectivity index (χ0v) is 9.16. The van der Waals surface area contributed by atoms with Crippen LogP contribution in [-0.4, -0.2) is 43.9 Å². The molecule has 0 aromatic rings. The number of carbonyl (C=O) groups is 2. The molecule has 16 heavy (non-hydrogen) atoms. The topological polar surface area (TPSA) is 113 Å². The number of nitrogens with one attached hydrogen (secondary N) is 2. The molecule has 8 heteroatoms. The number of amides is 2. The molecule has 7 nitrogen and oxygen atoms in total. The highest BCUT2D eigenvalue weighted by atomic mass is 32.2. The SMILES string of the molecule is O=C(O)CCNC(=O)NC1C=CS(=O)(=O)C1. The van der Waals surface area contributed by atoms with Gasteiger partial charge in [0.25, 0.3) is 0 Å². The Morgan fingerprint density at radius 1 is 1.44 bits per heavy atom. The molecule has 0 saturated carbocycles. The molecule has 2 amide bonds. The van der Waals surface area contributed by atoms with E-state index >= 15 is 0 Å². The molecule has 0 fully saturated rings. The summed E-state index contributed by atoms with van der Waals surface area (Å²) in [7, 11) is -3.19. The molecule has 3 N–H and O–H groups in total. The van der Waals surface area contributed by atoms with Gasteiger partial charge in [-0.3, -0.25) is 4.79 Å². The second kappa shape index (κ2) is 4.97. The van der Waals surface area contributed by atoms with Crippen molar-refractivity contribution in [2.24, 2.45) is 0 Å². The minimum atomic E-state index is -3.19. The van der Waals surface area contributed by atoms with Crippen LogP contribution >= 0.6 is 0 Å². The third kappa shape index (κ3) is 4.30. The summed E-state index contributed by atoms with van der Waals surface area (Å²) < 4.78 is 22.0. The Morgan fingerprint density at radius 2 is 2.12 bits per heavy atom. The third-order valence-electron chi connectivity index (χ3n) is 1.87. The van der Waals surface area contributed by atoms with Crippen LogP contribution in [0.15, 0.2) is 11.5 Å². The Balaban J connectivity index is 2.26. The van der Waals surface area contributed by atoms with E-state index in [1.807, 2.05) is 0 Å². The number of hydrogen-bond donors (Lipinski definition) is 3. The normalized spacial score (nSPS) is 21.6. The van der Waals surface area contributed by atoms with E-state index in [0.29, 0.717) is 0 Å². The quantitative estimate of drug-likeness (QED) is 0.595. The third-order valence-corrected chi connectivity index (χ3v) is 3.27. The minimum absolute atomic E-state index is 0.00432. The fraction of sp³-hybridized carbons (Fsp3) is 0.500. The number of carbonyl (C=O) groups excluding carboxylic acids is 1. The summed E-state index contributed by atoms with van der Waals surface area (Å²) in [5.74, 6) is -1.16. The van der Waals surface area contributed by atoms with Crippen molar-refractivity contribution in [1.82, 2.24) is 10.6 Å². The molecule has 0 saturated heterocycles. The standard InChI is InChI=1S/C8H12N2O5S/c11-7(12)1-3-9-8(13)10-6-2-4-16(14,15)5-6/h2,4,6H,1,3,5H2,(H,11,12)(H2,9,10,13). The molecule has 1 heterocycles. The Bertz CT molecular complexity index is 414. The number of rotatable bonds is 4. The molecule has 0 radical (unpaired) electrons. The molecule has 1 unspecified atom stereocenters. The summed E-state index contributed by atoms with van der Waals surface area (Å²) in [6.45, 7) is 0.00432. The van der Waals surface area contributed by atoms with E-state index in [9.17, 15) is 18.0 Å². The molecule has 0 bridgehead atoms. The van der Waals surface area contributed by atoms with Gasteiger partial charge in [-0.15, -0.1) is 0 Å². The highest BCUT2D eigenvalue weighted by molar-refractivity contribution is 7.94. The number of aliphatic carboxylic acids is 1. The molecular weight excluding hydrogens is 236 g/mol. The summed E-state index contributed by atoms with van der Waals surface area (Å²) in [6.07, 6.45) is 1.21. The van der Waals surface area contributed by atoms with Crippen LogP contribution in [0.25, 0.3) is 0 Å². The Morgan fingerprint density at radius 3 is 2.62 bits per heavy atom. The van der Waals surface area contributed by atoms with Gasteiger partial charge in [0.15, 0.2) is 9.84 Å². The average molecular weight is 248 g/mol. The zero-order chi connectivity index (χ0) is 12.2. The maximum absolute atomic E-state index is 11.1. The summed E-state index contributed by atoms with van der Waals surface area (Å²) >= 11 is 0. The first-order valence-corrected chi connectivity index (χ1v) is 6.28. The predicted molar refractivity (Wildman–Crippen MR) is 55.5 cm³/mol. The van der Waals surface area contributed by atoms with Crippen molar-refractivity contribution in [3.63, 3.8) is 0 Å². The fourth-order valence-corrected chi connectivity index (χ4v) is 2.40. The van der Waals surface area contributed by atoms with Gasteiger partial charge in [-0.2, -0.15) is 0 Å². The lowest BCUT2D eigenvalue weighted by Gasteiger charge is -2.10. The van der Waals surface area contributed by atoms with Crippen LogP contribution in [0.3, 0.4) is 0 Å². The molecule has 0 aliphatic carbocycles. The van der Waals surface area contributed by atoms with Crippen LogP contribution in [0.2, 0.25) is 0 Å². The predicted octanol–water partition coefficient (Wildman–Crippen LogP) is -0.929. The lowest BCUT2D eigenvalue weighted by molar-refractivity contribution is -0.136. The molecule has 0 aromatic carbocycles. The second-order valence-corrected chi connectivity index (χ2v) is 5.24. The van der Waals surface area contributed by atoms with Crippen LogP contribution in [0.5, 0.6) is 0 Å². The number of hydrogen-bond acceptors (Lipinski definition) is 4. The van der Waals surface area contributed by atoms with Gasteiger partial charge >= 0.3 is 12.0 Å². The summed E-state index contributed by atoms with van der Waals surface area (Å²) in [5.41, 5.74) is 0. The van der Waals surface area contributed by atoms with Crippen molar-refractivity contribution in [3.8, 4) is 0 Å². The molecule has 1 aliphatic heterocycles. The molecule has 0 aromatic heterocycles. The van der Waals surface area contributed by atoms with Crippen molar-refractivity contribution in [3.05, 3.63) is 11.5 Å². The number of urea groups is 1. The molecule has 1 aliphatic rings. The van der Waals surface area contributed by atoms with E-state index in [1.54, 1.807) is 0 Å². The van der Waals surface area contributed by atoms with Gasteiger partial charge in [-0.1, -0.05) is 0 Å². The van der Waals surface area contributed by atoms with Gasteiger partial charge in [-0.25, -0.2) is 13.2 Å². The van der Waals surface area contributed by atoms with Crippen molar-refractivity contribution in [1.29, 1.82) is 0 Å². The summed E-state index contributed by atoms with van der Waals surface area (Å²) in [5, 5.41) is 14.1. The highest BCUT2D eigenvalue weighted by Gasteiger charge is 2.22. The Kier molecular flexibility index (Phi) is 3.88. The van der Waals surface area contributed by atoms with E-state index < -0.39 is 27.9 Å². The van der Waals surface area contributed by atoms with E-state index in [1.165, 1.54) is 6.08 Å². The zero-order valence-electron chi connectivity index (χ0n) is 8.34. The van der Waals surface area contributed by atoms with Gasteiger partial charge in [0.05, 0.1) is 18.2 Å². The summed E-state index contributed by atoms with van der Waals surface area (Å²) in [6, 6.07) is -1.12. The van der Waals surface area contributed by atoms with E-state index in [-0.39, 0.29) is 18.7 Å². The maximum Gasteiger partial charge on any atom is 0.315 e. The van der Waals surface area contributed by atoms with Crippen molar-refractivity contribution in [2.45, 2.75) is 12.5 Å². The second-order valence-electron chi connectivity index (χ2n) is 3.31. The molecule has 90 valence electrons. The van der Waals surface area contributed by atoms with Gasteiger partial charge in [-0.05, 0) is 6.08 Å². The van der Waals surface area contributed by atoms with E-state index in [0.717, 1.165) is 5.41 Å². The van der Waals surface area contributed by atoms with Crippen molar-refractivity contribution >= 4 is 21.8 Å². The van der Waals surface area contributed by atoms with Gasteiger partial charge in [0.2, 0.25) is 0 Å². The Hall–Kier alpha value is -1.57. The monoisotopic (exact) mass is 248 g/mol. The maximum atomic E-state index is 11.1. The fourth-order valence-electron chi connectivity index (χ4n) is 1.17. The average Bonchev–Trinajstić information content (AvgIpc) is 2.44. The van der Waals surface area contributed by atoms with Crippen LogP contribution < -0.4 is 10.6 Å². The van der Waals surface area contributed by atoms with Gasteiger partial charge in [0.1, 0.15) is 0 Å². The van der Waals surface area contributed by atoms with E-state index in [4.69, 9.17) is 5.11 Å². The molecule has 1 rings (SSSR count). The van der Waals surface area contributed by atoms with Gasteiger partial charge < -0.3 is 15.7 Å². The van der Waals surface area contributed by atoms with E-state index in [2.05, 4.69) is 10.6 Å².